The molecule has 0 aliphatic heterocycles. The molecule has 1 heteroatoms. The molecule has 2 aromatic carbocycles. The van der Waals surface area contributed by atoms with Crippen molar-refractivity contribution in [3.05, 3.63) is 69.8 Å². The molecule has 0 spiro atoms. The molecule has 0 saturated heterocycles. The van der Waals surface area contributed by atoms with Gasteiger partial charge in [-0.15, -0.1) is 0 Å². The Morgan fingerprint density at radius 3 is 2.65 bits per heavy atom. The van der Waals surface area contributed by atoms with Crippen molar-refractivity contribution in [1.82, 2.24) is 0 Å². The maximum absolute atomic E-state index is 12.6. The zero-order chi connectivity index (χ0) is 13.4. The van der Waals surface area contributed by atoms with E-state index in [0.717, 1.165) is 27.8 Å². The summed E-state index contributed by atoms with van der Waals surface area (Å²) in [5.74, 6) is 0.00870. The second-order valence-electron chi connectivity index (χ2n) is 4.40. The van der Waals surface area contributed by atoms with Gasteiger partial charge in [0.05, 0.1) is 0 Å². The molecule has 1 nitrogen and oxygen atoms in total. The number of carbonyl (C=O) groups is 1. The third kappa shape index (κ3) is 1.42. The summed E-state index contributed by atoms with van der Waals surface area (Å²) in [6.45, 7) is 0.282. The number of rotatable bonds is 0. The Hall–Kier alpha value is -1.89. The minimum atomic E-state index is 0.00870. The molecule has 1 aliphatic carbocycles. The Bertz CT molecular complexity index is 662. The van der Waals surface area contributed by atoms with E-state index >= 15 is 0 Å². The minimum Gasteiger partial charge on any atom is -0.289 e. The summed E-state index contributed by atoms with van der Waals surface area (Å²) in [5.41, 5.74) is 5.05. The van der Waals surface area contributed by atoms with Crippen LogP contribution >= 0.6 is 0 Å². The van der Waals surface area contributed by atoms with E-state index in [-0.39, 0.29) is 19.6 Å². The minimum absolute atomic E-state index is 0.00870. The predicted octanol–water partition coefficient (Wildman–Crippen LogP) is 3.44. The molecule has 0 radical (unpaired) electrons. The SMILES string of the molecule is [2H]Cc1ccc(C[2H])c2c1Cc1ccccc1C2=O. The molecule has 84 valence electrons. The van der Waals surface area contributed by atoms with Gasteiger partial charge in [-0.25, -0.2) is 0 Å². The van der Waals surface area contributed by atoms with Crippen LogP contribution in [0.2, 0.25) is 0 Å². The lowest BCUT2D eigenvalue weighted by molar-refractivity contribution is 0.103. The van der Waals surface area contributed by atoms with Gasteiger partial charge in [0.15, 0.2) is 5.78 Å². The average Bonchev–Trinajstić information content (AvgIpc) is 2.46. The quantitative estimate of drug-likeness (QED) is 0.571. The van der Waals surface area contributed by atoms with E-state index in [9.17, 15) is 4.79 Å². The maximum Gasteiger partial charge on any atom is 0.193 e. The molecule has 3 rings (SSSR count). The van der Waals surface area contributed by atoms with Gasteiger partial charge in [-0.05, 0) is 42.5 Å². The molecular weight excluding hydrogens is 208 g/mol. The molecule has 0 unspecified atom stereocenters. The highest BCUT2D eigenvalue weighted by Crippen LogP contribution is 2.30. The van der Waals surface area contributed by atoms with Gasteiger partial charge in [-0.1, -0.05) is 36.4 Å². The fourth-order valence-electron chi connectivity index (χ4n) is 2.45. The summed E-state index contributed by atoms with van der Waals surface area (Å²) in [7, 11) is 0. The number of hydrogen-bond acceptors (Lipinski definition) is 1. The average molecular weight is 224 g/mol. The Morgan fingerprint density at radius 1 is 1.06 bits per heavy atom. The Balaban J connectivity index is 2.27. The zero-order valence-corrected chi connectivity index (χ0v) is 9.49. The van der Waals surface area contributed by atoms with Gasteiger partial charge in [0.25, 0.3) is 0 Å². The van der Waals surface area contributed by atoms with Crippen molar-refractivity contribution >= 4 is 5.78 Å². The summed E-state index contributed by atoms with van der Waals surface area (Å²) >= 11 is 0. The van der Waals surface area contributed by atoms with Crippen molar-refractivity contribution in [3.8, 4) is 0 Å². The van der Waals surface area contributed by atoms with Crippen molar-refractivity contribution in [2.45, 2.75) is 20.2 Å². The van der Waals surface area contributed by atoms with E-state index in [0.29, 0.717) is 12.0 Å². The summed E-state index contributed by atoms with van der Waals surface area (Å²) in [4.78, 5) is 12.6. The van der Waals surface area contributed by atoms with Crippen molar-refractivity contribution in [1.29, 1.82) is 0 Å². The first-order valence-electron chi connectivity index (χ1n) is 7.02. The van der Waals surface area contributed by atoms with E-state index in [1.54, 1.807) is 0 Å². The molecule has 0 N–H and O–H groups in total. The zero-order valence-electron chi connectivity index (χ0n) is 11.5. The van der Waals surface area contributed by atoms with E-state index in [1.165, 1.54) is 0 Å². The van der Waals surface area contributed by atoms with Crippen LogP contribution in [0.15, 0.2) is 36.4 Å². The van der Waals surface area contributed by atoms with Gasteiger partial charge in [0, 0.05) is 13.9 Å². The highest BCUT2D eigenvalue weighted by atomic mass is 16.1. The van der Waals surface area contributed by atoms with Crippen LogP contribution in [0, 0.1) is 13.8 Å². The Morgan fingerprint density at radius 2 is 1.82 bits per heavy atom. The molecule has 1 aliphatic rings. The molecule has 17 heavy (non-hydrogen) atoms. The highest BCUT2D eigenvalue weighted by molar-refractivity contribution is 6.13. The molecule has 0 aromatic heterocycles. The summed E-state index contributed by atoms with van der Waals surface area (Å²) in [6.07, 6.45) is 0.694. The van der Waals surface area contributed by atoms with E-state index in [4.69, 9.17) is 2.74 Å². The normalized spacial score (nSPS) is 14.7. The van der Waals surface area contributed by atoms with Crippen LogP contribution in [0.1, 0.15) is 40.9 Å². The predicted molar refractivity (Wildman–Crippen MR) is 68.6 cm³/mol. The Kier molecular flexibility index (Phi) is 1.72. The largest absolute Gasteiger partial charge is 0.289 e. The van der Waals surface area contributed by atoms with Crippen LogP contribution in [-0.2, 0) is 6.42 Å². The van der Waals surface area contributed by atoms with Crippen LogP contribution in [0.25, 0.3) is 0 Å². The lowest BCUT2D eigenvalue weighted by Crippen LogP contribution is -2.17. The van der Waals surface area contributed by atoms with Gasteiger partial charge in [-0.3, -0.25) is 4.79 Å². The Labute approximate surface area is 104 Å². The van der Waals surface area contributed by atoms with Gasteiger partial charge < -0.3 is 0 Å². The van der Waals surface area contributed by atoms with Crippen LogP contribution in [0.5, 0.6) is 0 Å². The topological polar surface area (TPSA) is 17.1 Å². The molecule has 0 saturated carbocycles. The van der Waals surface area contributed by atoms with Gasteiger partial charge in [0.2, 0.25) is 0 Å². The number of hydrogen-bond donors (Lipinski definition) is 0. The third-order valence-corrected chi connectivity index (χ3v) is 3.35. The highest BCUT2D eigenvalue weighted by Gasteiger charge is 2.25. The fraction of sp³-hybridized carbons (Fsp3) is 0.188. The van der Waals surface area contributed by atoms with Crippen molar-refractivity contribution in [2.24, 2.45) is 0 Å². The first-order chi connectivity index (χ1) is 9.26. The summed E-state index contributed by atoms with van der Waals surface area (Å²) in [6, 6.07) is 11.3. The monoisotopic (exact) mass is 224 g/mol. The fourth-order valence-corrected chi connectivity index (χ4v) is 2.45. The first-order valence-corrected chi connectivity index (χ1v) is 5.61. The van der Waals surface area contributed by atoms with Crippen LogP contribution in [0.3, 0.4) is 0 Å². The van der Waals surface area contributed by atoms with Crippen molar-refractivity contribution < 1.29 is 7.54 Å². The second kappa shape index (κ2) is 3.56. The molecular formula is C16H14O. The number of carbonyl (C=O) groups excluding carboxylic acids is 1. The van der Waals surface area contributed by atoms with Crippen LogP contribution in [0.4, 0.5) is 0 Å². The van der Waals surface area contributed by atoms with Gasteiger partial charge in [-0.2, -0.15) is 0 Å². The lowest BCUT2D eigenvalue weighted by Gasteiger charge is -2.21. The standard InChI is InChI=1S/C16H14O/c1-10-7-8-11(2)15-14(10)9-12-5-3-4-6-13(12)16(15)17/h3-8H,9H2,1-2H3/i1D,2D. The molecule has 0 heterocycles. The third-order valence-electron chi connectivity index (χ3n) is 3.35. The number of benzene rings is 2. The van der Waals surface area contributed by atoms with Gasteiger partial charge in [0.1, 0.15) is 0 Å². The smallest absolute Gasteiger partial charge is 0.193 e. The summed E-state index contributed by atoms with van der Waals surface area (Å²) in [5, 5.41) is 0. The van der Waals surface area contributed by atoms with E-state index in [1.807, 2.05) is 36.4 Å². The van der Waals surface area contributed by atoms with Crippen molar-refractivity contribution in [2.75, 3.05) is 0 Å². The number of aryl methyl sites for hydroxylation is 2. The van der Waals surface area contributed by atoms with Gasteiger partial charge >= 0.3 is 0 Å². The molecule has 0 bridgehead atoms. The van der Waals surface area contributed by atoms with Crippen LogP contribution < -0.4 is 0 Å². The summed E-state index contributed by atoms with van der Waals surface area (Å²) < 4.78 is 15.2. The molecule has 0 amide bonds. The number of ketones is 1. The first kappa shape index (κ1) is 8.24. The van der Waals surface area contributed by atoms with E-state index in [2.05, 4.69) is 0 Å². The second-order valence-corrected chi connectivity index (χ2v) is 4.40. The molecule has 0 fully saturated rings. The molecule has 2 aromatic rings. The van der Waals surface area contributed by atoms with E-state index < -0.39 is 0 Å². The number of fused-ring (bicyclic) bond motifs is 2. The molecule has 0 atom stereocenters. The van der Waals surface area contributed by atoms with Crippen molar-refractivity contribution in [3.63, 3.8) is 0 Å². The van der Waals surface area contributed by atoms with Crippen LogP contribution in [-0.4, -0.2) is 5.78 Å². The lowest BCUT2D eigenvalue weighted by atomic mass is 9.81. The maximum atomic E-state index is 12.6.